The van der Waals surface area contributed by atoms with Gasteiger partial charge in [-0.15, -0.1) is 0 Å². The van der Waals surface area contributed by atoms with E-state index in [0.29, 0.717) is 16.8 Å². The van der Waals surface area contributed by atoms with Crippen LogP contribution >= 0.6 is 11.6 Å². The minimum atomic E-state index is 0.553. The third kappa shape index (κ3) is 3.60. The van der Waals surface area contributed by atoms with Crippen LogP contribution in [0.1, 0.15) is 5.56 Å². The van der Waals surface area contributed by atoms with Gasteiger partial charge in [-0.2, -0.15) is 4.98 Å². The van der Waals surface area contributed by atoms with Gasteiger partial charge in [0.05, 0.1) is 16.4 Å². The fraction of sp³-hybridized carbons (Fsp3) is 0.111. The first-order valence-electron chi connectivity index (χ1n) is 7.31. The highest BCUT2D eigenvalue weighted by molar-refractivity contribution is 6.33. The molecule has 0 radical (unpaired) electrons. The largest absolute Gasteiger partial charge is 0.357 e. The minimum absolute atomic E-state index is 0.553. The minimum Gasteiger partial charge on any atom is -0.357 e. The van der Waals surface area contributed by atoms with Crippen LogP contribution in [0.3, 0.4) is 0 Å². The van der Waals surface area contributed by atoms with Crippen molar-refractivity contribution in [3.63, 3.8) is 0 Å². The quantitative estimate of drug-likeness (QED) is 0.717. The Labute approximate surface area is 140 Å². The molecule has 0 saturated heterocycles. The van der Waals surface area contributed by atoms with Crippen LogP contribution in [0, 0.1) is 6.92 Å². The van der Waals surface area contributed by atoms with Crippen molar-refractivity contribution in [2.24, 2.45) is 0 Å². The van der Waals surface area contributed by atoms with Crippen LogP contribution in [-0.2, 0) is 0 Å². The second-order valence-electron chi connectivity index (χ2n) is 5.19. The molecule has 1 heterocycles. The summed E-state index contributed by atoms with van der Waals surface area (Å²) in [7, 11) is 1.80. The lowest BCUT2D eigenvalue weighted by Gasteiger charge is -2.11. The first kappa shape index (κ1) is 15.3. The molecule has 1 aromatic heterocycles. The van der Waals surface area contributed by atoms with E-state index in [1.165, 1.54) is 0 Å². The predicted octanol–water partition coefficient (Wildman–Crippen LogP) is 4.89. The van der Waals surface area contributed by atoms with Crippen molar-refractivity contribution < 1.29 is 0 Å². The molecule has 0 amide bonds. The van der Waals surface area contributed by atoms with Crippen molar-refractivity contribution >= 4 is 29.1 Å². The number of nitrogens with zero attached hydrogens (tertiary/aromatic N) is 2. The van der Waals surface area contributed by atoms with E-state index in [1.54, 1.807) is 7.05 Å². The highest BCUT2D eigenvalue weighted by Gasteiger charge is 2.08. The molecule has 0 saturated carbocycles. The Kier molecular flexibility index (Phi) is 4.44. The first-order chi connectivity index (χ1) is 11.2. The van der Waals surface area contributed by atoms with Crippen molar-refractivity contribution in [2.75, 3.05) is 17.7 Å². The van der Waals surface area contributed by atoms with Crippen LogP contribution in [-0.4, -0.2) is 17.0 Å². The molecule has 5 heteroatoms. The first-order valence-corrected chi connectivity index (χ1v) is 7.69. The van der Waals surface area contributed by atoms with E-state index < -0.39 is 0 Å². The Balaban J connectivity index is 1.99. The molecule has 0 spiro atoms. The number of hydrogen-bond donors (Lipinski definition) is 2. The molecule has 116 valence electrons. The van der Waals surface area contributed by atoms with Gasteiger partial charge in [-0.05, 0) is 24.6 Å². The summed E-state index contributed by atoms with van der Waals surface area (Å²) < 4.78 is 0. The molecule has 3 rings (SSSR count). The summed E-state index contributed by atoms with van der Waals surface area (Å²) in [5, 5.41) is 6.92. The maximum atomic E-state index is 6.29. The van der Waals surface area contributed by atoms with Gasteiger partial charge < -0.3 is 10.6 Å². The van der Waals surface area contributed by atoms with E-state index in [2.05, 4.69) is 20.6 Å². The number of rotatable bonds is 4. The van der Waals surface area contributed by atoms with Crippen LogP contribution in [0.25, 0.3) is 11.3 Å². The van der Waals surface area contributed by atoms with E-state index in [9.17, 15) is 0 Å². The zero-order valence-corrected chi connectivity index (χ0v) is 13.7. The van der Waals surface area contributed by atoms with Crippen LogP contribution in [0.2, 0.25) is 5.02 Å². The molecule has 4 nitrogen and oxygen atoms in total. The SMILES string of the molecule is CNc1nc(Nc2ccc(C)cc2Cl)cc(-c2ccccc2)n1. The Bertz CT molecular complexity index is 819. The third-order valence-electron chi connectivity index (χ3n) is 3.41. The lowest BCUT2D eigenvalue weighted by atomic mass is 10.1. The molecular formula is C18H17ClN4. The Morgan fingerprint density at radius 1 is 0.957 bits per heavy atom. The molecule has 0 atom stereocenters. The Hall–Kier alpha value is -2.59. The van der Waals surface area contributed by atoms with Gasteiger partial charge in [0.1, 0.15) is 5.82 Å². The number of benzene rings is 2. The average Bonchev–Trinajstić information content (AvgIpc) is 2.58. The molecule has 0 bridgehead atoms. The lowest BCUT2D eigenvalue weighted by molar-refractivity contribution is 1.15. The predicted molar refractivity (Wildman–Crippen MR) is 96.5 cm³/mol. The number of aryl methyl sites for hydroxylation is 1. The molecule has 2 aromatic carbocycles. The second kappa shape index (κ2) is 6.67. The van der Waals surface area contributed by atoms with E-state index in [-0.39, 0.29) is 0 Å². The van der Waals surface area contributed by atoms with Crippen molar-refractivity contribution in [1.82, 2.24) is 9.97 Å². The molecule has 0 aliphatic carbocycles. The zero-order chi connectivity index (χ0) is 16.2. The van der Waals surface area contributed by atoms with Crippen molar-refractivity contribution in [2.45, 2.75) is 6.92 Å². The summed E-state index contributed by atoms with van der Waals surface area (Å²) in [6.45, 7) is 2.01. The molecule has 23 heavy (non-hydrogen) atoms. The monoisotopic (exact) mass is 324 g/mol. The van der Waals surface area contributed by atoms with Gasteiger partial charge in [0.2, 0.25) is 5.95 Å². The van der Waals surface area contributed by atoms with Gasteiger partial charge >= 0.3 is 0 Å². The topological polar surface area (TPSA) is 49.8 Å². The number of nitrogens with one attached hydrogen (secondary N) is 2. The molecule has 0 unspecified atom stereocenters. The molecule has 0 aliphatic rings. The van der Waals surface area contributed by atoms with E-state index in [4.69, 9.17) is 11.6 Å². The van der Waals surface area contributed by atoms with Crippen molar-refractivity contribution in [3.8, 4) is 11.3 Å². The van der Waals surface area contributed by atoms with Crippen molar-refractivity contribution in [3.05, 3.63) is 65.2 Å². The average molecular weight is 325 g/mol. The molecule has 3 aromatic rings. The van der Waals surface area contributed by atoms with Gasteiger partial charge in [-0.1, -0.05) is 48.0 Å². The van der Waals surface area contributed by atoms with Crippen LogP contribution in [0.4, 0.5) is 17.5 Å². The Morgan fingerprint density at radius 2 is 1.74 bits per heavy atom. The van der Waals surface area contributed by atoms with E-state index in [1.807, 2.05) is 61.5 Å². The molecule has 0 fully saturated rings. The van der Waals surface area contributed by atoms with Gasteiger partial charge in [-0.3, -0.25) is 0 Å². The highest BCUT2D eigenvalue weighted by atomic mass is 35.5. The van der Waals surface area contributed by atoms with E-state index in [0.717, 1.165) is 22.5 Å². The molecular weight excluding hydrogens is 308 g/mol. The van der Waals surface area contributed by atoms with Crippen LogP contribution < -0.4 is 10.6 Å². The molecule has 2 N–H and O–H groups in total. The Morgan fingerprint density at radius 3 is 2.43 bits per heavy atom. The molecule has 0 aliphatic heterocycles. The number of halogens is 1. The van der Waals surface area contributed by atoms with Crippen LogP contribution in [0.15, 0.2) is 54.6 Å². The maximum Gasteiger partial charge on any atom is 0.224 e. The fourth-order valence-corrected chi connectivity index (χ4v) is 2.52. The fourth-order valence-electron chi connectivity index (χ4n) is 2.24. The summed E-state index contributed by atoms with van der Waals surface area (Å²) in [5.74, 6) is 1.24. The normalized spacial score (nSPS) is 10.4. The summed E-state index contributed by atoms with van der Waals surface area (Å²) in [6, 6.07) is 17.8. The lowest BCUT2D eigenvalue weighted by Crippen LogP contribution is -2.02. The van der Waals surface area contributed by atoms with Crippen LogP contribution in [0.5, 0.6) is 0 Å². The number of aromatic nitrogens is 2. The van der Waals surface area contributed by atoms with Gasteiger partial charge in [-0.25, -0.2) is 4.98 Å². The third-order valence-corrected chi connectivity index (χ3v) is 3.72. The summed E-state index contributed by atoms with van der Waals surface area (Å²) in [5.41, 5.74) is 3.81. The summed E-state index contributed by atoms with van der Waals surface area (Å²) in [4.78, 5) is 8.95. The second-order valence-corrected chi connectivity index (χ2v) is 5.59. The maximum absolute atomic E-state index is 6.29. The van der Waals surface area contributed by atoms with Gasteiger partial charge in [0, 0.05) is 18.7 Å². The van der Waals surface area contributed by atoms with Gasteiger partial charge in [0.25, 0.3) is 0 Å². The standard InChI is InChI=1S/C18H17ClN4/c1-12-8-9-15(14(19)10-12)21-17-11-16(22-18(20-2)23-17)13-6-4-3-5-7-13/h3-11H,1-2H3,(H2,20,21,22,23). The van der Waals surface area contributed by atoms with E-state index >= 15 is 0 Å². The highest BCUT2D eigenvalue weighted by Crippen LogP contribution is 2.28. The summed E-state index contributed by atoms with van der Waals surface area (Å²) in [6.07, 6.45) is 0. The van der Waals surface area contributed by atoms with Gasteiger partial charge in [0.15, 0.2) is 0 Å². The zero-order valence-electron chi connectivity index (χ0n) is 13.0. The smallest absolute Gasteiger partial charge is 0.224 e. The number of hydrogen-bond acceptors (Lipinski definition) is 4. The summed E-state index contributed by atoms with van der Waals surface area (Å²) >= 11 is 6.29. The van der Waals surface area contributed by atoms with Crippen molar-refractivity contribution in [1.29, 1.82) is 0 Å². The number of anilines is 3.